The zero-order valence-corrected chi connectivity index (χ0v) is 16.9. The zero-order chi connectivity index (χ0) is 20.5. The van der Waals surface area contributed by atoms with Gasteiger partial charge in [0.25, 0.3) is 0 Å². The maximum absolute atomic E-state index is 12.2. The second-order valence-electron chi connectivity index (χ2n) is 6.19. The van der Waals surface area contributed by atoms with E-state index in [2.05, 4.69) is 10.6 Å². The smallest absolute Gasteiger partial charge is 0.238 e. The lowest BCUT2D eigenvalue weighted by molar-refractivity contribution is -0.123. The summed E-state index contributed by atoms with van der Waals surface area (Å²) >= 11 is 5.96. The van der Waals surface area contributed by atoms with E-state index in [-0.39, 0.29) is 24.9 Å². The second-order valence-corrected chi connectivity index (χ2v) is 6.63. The third-order valence-electron chi connectivity index (χ3n) is 3.91. The fourth-order valence-corrected chi connectivity index (χ4v) is 2.69. The SMILES string of the molecule is COc1ccc(CNC(=O)CN(C)CC(=O)Nc2cc(Cl)ccc2OC)cc1. The Hall–Kier alpha value is -2.77. The first-order chi connectivity index (χ1) is 13.4. The molecule has 2 rings (SSSR count). The Morgan fingerprint density at radius 1 is 1.00 bits per heavy atom. The van der Waals surface area contributed by atoms with E-state index in [0.29, 0.717) is 23.0 Å². The maximum Gasteiger partial charge on any atom is 0.238 e. The summed E-state index contributed by atoms with van der Waals surface area (Å²) in [6, 6.07) is 12.4. The molecule has 0 saturated heterocycles. The number of hydrogen-bond donors (Lipinski definition) is 2. The van der Waals surface area contributed by atoms with Crippen molar-refractivity contribution in [2.45, 2.75) is 6.54 Å². The van der Waals surface area contributed by atoms with E-state index in [4.69, 9.17) is 21.1 Å². The molecule has 0 unspecified atom stereocenters. The first kappa shape index (κ1) is 21.5. The number of carbonyl (C=O) groups excluding carboxylic acids is 2. The van der Waals surface area contributed by atoms with Crippen LogP contribution in [0.15, 0.2) is 42.5 Å². The van der Waals surface area contributed by atoms with E-state index in [1.165, 1.54) is 7.11 Å². The van der Waals surface area contributed by atoms with Crippen molar-refractivity contribution >= 4 is 29.1 Å². The Bertz CT molecular complexity index is 812. The Morgan fingerprint density at radius 3 is 2.32 bits per heavy atom. The van der Waals surface area contributed by atoms with E-state index in [1.54, 1.807) is 37.3 Å². The molecule has 0 aliphatic heterocycles. The van der Waals surface area contributed by atoms with Crippen molar-refractivity contribution < 1.29 is 19.1 Å². The summed E-state index contributed by atoms with van der Waals surface area (Å²) in [5, 5.41) is 6.06. The molecule has 7 nitrogen and oxygen atoms in total. The van der Waals surface area contributed by atoms with Crippen LogP contribution in [0, 0.1) is 0 Å². The highest BCUT2D eigenvalue weighted by molar-refractivity contribution is 6.31. The van der Waals surface area contributed by atoms with Gasteiger partial charge in [-0.3, -0.25) is 14.5 Å². The van der Waals surface area contributed by atoms with Crippen LogP contribution in [0.5, 0.6) is 11.5 Å². The van der Waals surface area contributed by atoms with Gasteiger partial charge in [0.05, 0.1) is 33.0 Å². The minimum atomic E-state index is -0.272. The molecule has 0 bridgehead atoms. The number of likely N-dealkylation sites (N-methyl/N-ethyl adjacent to an activating group) is 1. The van der Waals surface area contributed by atoms with Crippen molar-refractivity contribution in [3.8, 4) is 11.5 Å². The van der Waals surface area contributed by atoms with E-state index in [1.807, 2.05) is 24.3 Å². The number of hydrogen-bond acceptors (Lipinski definition) is 5. The van der Waals surface area contributed by atoms with Crippen LogP contribution < -0.4 is 20.1 Å². The summed E-state index contributed by atoms with van der Waals surface area (Å²) in [6.45, 7) is 0.546. The molecule has 2 N–H and O–H groups in total. The van der Waals surface area contributed by atoms with Crippen LogP contribution in [-0.4, -0.2) is 51.1 Å². The Morgan fingerprint density at radius 2 is 1.68 bits per heavy atom. The van der Waals surface area contributed by atoms with Crippen LogP contribution in [-0.2, 0) is 16.1 Å². The molecule has 2 aromatic carbocycles. The zero-order valence-electron chi connectivity index (χ0n) is 16.1. The van der Waals surface area contributed by atoms with E-state index in [0.717, 1.165) is 11.3 Å². The molecule has 0 radical (unpaired) electrons. The molecule has 0 aliphatic carbocycles. The maximum atomic E-state index is 12.2. The summed E-state index contributed by atoms with van der Waals surface area (Å²) < 4.78 is 10.3. The minimum absolute atomic E-state index is 0.0472. The molecular formula is C20H24ClN3O4. The normalized spacial score (nSPS) is 10.5. The van der Waals surface area contributed by atoms with Gasteiger partial charge in [-0.1, -0.05) is 23.7 Å². The Balaban J connectivity index is 1.79. The fourth-order valence-electron chi connectivity index (χ4n) is 2.51. The molecule has 28 heavy (non-hydrogen) atoms. The largest absolute Gasteiger partial charge is 0.497 e. The van der Waals surface area contributed by atoms with Gasteiger partial charge in [0.15, 0.2) is 0 Å². The van der Waals surface area contributed by atoms with Crippen molar-refractivity contribution in [2.75, 3.05) is 39.7 Å². The molecule has 0 spiro atoms. The van der Waals surface area contributed by atoms with Gasteiger partial charge in [-0.2, -0.15) is 0 Å². The van der Waals surface area contributed by atoms with Gasteiger partial charge in [-0.05, 0) is 42.9 Å². The molecular weight excluding hydrogens is 382 g/mol. The van der Waals surface area contributed by atoms with Gasteiger partial charge >= 0.3 is 0 Å². The van der Waals surface area contributed by atoms with Crippen LogP contribution in [0.3, 0.4) is 0 Å². The quantitative estimate of drug-likeness (QED) is 0.670. The summed E-state index contributed by atoms with van der Waals surface area (Å²) in [6.07, 6.45) is 0. The lowest BCUT2D eigenvalue weighted by Gasteiger charge is -2.17. The topological polar surface area (TPSA) is 79.9 Å². The number of nitrogens with one attached hydrogen (secondary N) is 2. The van der Waals surface area contributed by atoms with E-state index in [9.17, 15) is 9.59 Å². The number of benzene rings is 2. The highest BCUT2D eigenvalue weighted by Crippen LogP contribution is 2.27. The third kappa shape index (κ3) is 6.75. The van der Waals surface area contributed by atoms with Crippen LogP contribution in [0.2, 0.25) is 5.02 Å². The Labute approximate surface area is 169 Å². The predicted octanol–water partition coefficient (Wildman–Crippen LogP) is 2.54. The minimum Gasteiger partial charge on any atom is -0.497 e. The van der Waals surface area contributed by atoms with E-state index >= 15 is 0 Å². The van der Waals surface area contributed by atoms with Gasteiger partial charge in [-0.25, -0.2) is 0 Å². The van der Waals surface area contributed by atoms with Crippen LogP contribution >= 0.6 is 11.6 Å². The Kier molecular flexibility index (Phi) is 8.10. The van der Waals surface area contributed by atoms with Gasteiger partial charge in [0.2, 0.25) is 11.8 Å². The first-order valence-corrected chi connectivity index (χ1v) is 9.00. The van der Waals surface area contributed by atoms with Crippen LogP contribution in [0.1, 0.15) is 5.56 Å². The van der Waals surface area contributed by atoms with Gasteiger partial charge in [0.1, 0.15) is 11.5 Å². The van der Waals surface area contributed by atoms with Crippen molar-refractivity contribution in [2.24, 2.45) is 0 Å². The van der Waals surface area contributed by atoms with Crippen molar-refractivity contribution in [1.82, 2.24) is 10.2 Å². The summed E-state index contributed by atoms with van der Waals surface area (Å²) in [7, 11) is 4.81. The van der Waals surface area contributed by atoms with Gasteiger partial charge in [-0.15, -0.1) is 0 Å². The van der Waals surface area contributed by atoms with Crippen LogP contribution in [0.25, 0.3) is 0 Å². The molecule has 8 heteroatoms. The number of rotatable bonds is 9. The summed E-state index contributed by atoms with van der Waals surface area (Å²) in [5.41, 5.74) is 1.44. The lowest BCUT2D eigenvalue weighted by Crippen LogP contribution is -2.38. The first-order valence-electron chi connectivity index (χ1n) is 8.63. The number of carbonyl (C=O) groups is 2. The lowest BCUT2D eigenvalue weighted by atomic mass is 10.2. The summed E-state index contributed by atoms with van der Waals surface area (Å²) in [4.78, 5) is 25.9. The fraction of sp³-hybridized carbons (Fsp3) is 0.300. The average Bonchev–Trinajstić information content (AvgIpc) is 2.66. The molecule has 0 atom stereocenters. The highest BCUT2D eigenvalue weighted by Gasteiger charge is 2.13. The molecule has 150 valence electrons. The standard InChI is InChI=1S/C20H24ClN3O4/c1-24(12-19(25)22-11-14-4-7-16(27-2)8-5-14)13-20(26)23-17-10-15(21)6-9-18(17)28-3/h4-10H,11-13H2,1-3H3,(H,22,25)(H,23,26). The molecule has 0 aliphatic rings. The highest BCUT2D eigenvalue weighted by atomic mass is 35.5. The number of nitrogens with zero attached hydrogens (tertiary/aromatic N) is 1. The molecule has 2 amide bonds. The van der Waals surface area contributed by atoms with Crippen molar-refractivity contribution in [1.29, 1.82) is 0 Å². The molecule has 0 aromatic heterocycles. The monoisotopic (exact) mass is 405 g/mol. The number of methoxy groups -OCH3 is 2. The number of halogens is 1. The van der Waals surface area contributed by atoms with Crippen LogP contribution in [0.4, 0.5) is 5.69 Å². The van der Waals surface area contributed by atoms with E-state index < -0.39 is 0 Å². The third-order valence-corrected chi connectivity index (χ3v) is 4.15. The second kappa shape index (κ2) is 10.5. The number of amides is 2. The molecule has 0 fully saturated rings. The van der Waals surface area contributed by atoms with Crippen molar-refractivity contribution in [3.63, 3.8) is 0 Å². The number of anilines is 1. The summed E-state index contributed by atoms with van der Waals surface area (Å²) in [5.74, 6) is 0.826. The molecule has 0 saturated carbocycles. The predicted molar refractivity (Wildman–Crippen MR) is 109 cm³/mol. The van der Waals surface area contributed by atoms with Gasteiger partial charge in [0, 0.05) is 11.6 Å². The average molecular weight is 406 g/mol. The van der Waals surface area contributed by atoms with Crippen molar-refractivity contribution in [3.05, 3.63) is 53.1 Å². The molecule has 0 heterocycles. The molecule has 2 aromatic rings. The number of ether oxygens (including phenoxy) is 2. The van der Waals surface area contributed by atoms with Gasteiger partial charge < -0.3 is 20.1 Å².